The molecule has 0 aromatic carbocycles. The minimum Gasteiger partial charge on any atom is -0.481 e. The molecule has 0 bridgehead atoms. The van der Waals surface area contributed by atoms with Gasteiger partial charge in [0.15, 0.2) is 0 Å². The molecule has 154 valence electrons. The molecular formula is C22H40O4Zn. The van der Waals surface area contributed by atoms with E-state index in [4.69, 9.17) is 10.2 Å². The van der Waals surface area contributed by atoms with Crippen LogP contribution in [0.1, 0.15) is 104 Å². The van der Waals surface area contributed by atoms with Gasteiger partial charge < -0.3 is 10.2 Å². The Morgan fingerprint density at radius 1 is 0.593 bits per heavy atom. The average Bonchev–Trinajstić information content (AvgIpc) is 2.60. The third kappa shape index (κ3) is 36.7. The number of hydrogen-bond acceptors (Lipinski definition) is 2. The van der Waals surface area contributed by atoms with Crippen LogP contribution in [0, 0.1) is 0 Å². The zero-order valence-electron chi connectivity index (χ0n) is 17.6. The van der Waals surface area contributed by atoms with Gasteiger partial charge in [0, 0.05) is 19.5 Å². The fourth-order valence-electron chi connectivity index (χ4n) is 2.34. The molecule has 0 saturated carbocycles. The van der Waals surface area contributed by atoms with Crippen LogP contribution in [0.15, 0.2) is 24.3 Å². The molecule has 0 aromatic heterocycles. The van der Waals surface area contributed by atoms with Gasteiger partial charge in [-0.25, -0.2) is 0 Å². The van der Waals surface area contributed by atoms with Gasteiger partial charge in [-0.15, -0.1) is 0 Å². The van der Waals surface area contributed by atoms with Crippen LogP contribution in [0.2, 0.25) is 0 Å². The Labute approximate surface area is 179 Å². The van der Waals surface area contributed by atoms with E-state index in [1.54, 1.807) is 12.2 Å². The summed E-state index contributed by atoms with van der Waals surface area (Å²) in [6, 6.07) is 0. The van der Waals surface area contributed by atoms with E-state index in [2.05, 4.69) is 13.8 Å². The number of unbranched alkanes of at least 4 members (excludes halogenated alkanes) is 10. The molecule has 0 saturated heterocycles. The summed E-state index contributed by atoms with van der Waals surface area (Å²) in [7, 11) is 0. The van der Waals surface area contributed by atoms with Crippen molar-refractivity contribution in [3.8, 4) is 0 Å². The van der Waals surface area contributed by atoms with Gasteiger partial charge in [-0.1, -0.05) is 89.5 Å². The quantitative estimate of drug-likeness (QED) is 0.160. The Kier molecular flexibility index (Phi) is 31.1. The van der Waals surface area contributed by atoms with Crippen LogP contribution in [0.4, 0.5) is 0 Å². The van der Waals surface area contributed by atoms with E-state index >= 15 is 0 Å². The van der Waals surface area contributed by atoms with Crippen LogP contribution in [0.3, 0.4) is 0 Å². The molecule has 0 aromatic rings. The minimum atomic E-state index is -0.748. The van der Waals surface area contributed by atoms with Crippen molar-refractivity contribution in [2.45, 2.75) is 104 Å². The van der Waals surface area contributed by atoms with Crippen molar-refractivity contribution in [3.63, 3.8) is 0 Å². The summed E-state index contributed by atoms with van der Waals surface area (Å²) < 4.78 is 0. The molecule has 0 spiro atoms. The molecule has 0 atom stereocenters. The number of carboxylic acids is 2. The molecule has 5 heteroatoms. The van der Waals surface area contributed by atoms with E-state index in [0.717, 1.165) is 12.8 Å². The van der Waals surface area contributed by atoms with Crippen molar-refractivity contribution in [1.29, 1.82) is 0 Å². The van der Waals surface area contributed by atoms with Crippen molar-refractivity contribution in [3.05, 3.63) is 24.3 Å². The first kappa shape index (κ1) is 30.8. The molecule has 2 N–H and O–H groups in total. The van der Waals surface area contributed by atoms with Crippen molar-refractivity contribution in [2.24, 2.45) is 0 Å². The summed E-state index contributed by atoms with van der Waals surface area (Å²) in [5, 5.41) is 16.7. The zero-order valence-corrected chi connectivity index (χ0v) is 20.6. The maximum absolute atomic E-state index is 10.1. The molecule has 4 nitrogen and oxygen atoms in total. The molecule has 0 amide bonds. The first-order chi connectivity index (χ1) is 12.5. The largest absolute Gasteiger partial charge is 0.481 e. The predicted octanol–water partition coefficient (Wildman–Crippen LogP) is 6.75. The van der Waals surface area contributed by atoms with Crippen molar-refractivity contribution >= 4 is 11.9 Å². The van der Waals surface area contributed by atoms with E-state index in [1.807, 2.05) is 12.2 Å². The molecule has 27 heavy (non-hydrogen) atoms. The molecule has 0 rings (SSSR count). The van der Waals surface area contributed by atoms with Crippen LogP contribution in [0.25, 0.3) is 0 Å². The SMILES string of the molecule is CCCCCCCC=CCC(=O)O.CCCCCCCC=CCC(=O)O.[Zn]. The van der Waals surface area contributed by atoms with Crippen LogP contribution in [0.5, 0.6) is 0 Å². The van der Waals surface area contributed by atoms with Crippen molar-refractivity contribution in [2.75, 3.05) is 0 Å². The van der Waals surface area contributed by atoms with Crippen LogP contribution < -0.4 is 0 Å². The Hall–Kier alpha value is -0.957. The molecule has 0 radical (unpaired) electrons. The average molecular weight is 434 g/mol. The van der Waals surface area contributed by atoms with E-state index < -0.39 is 11.9 Å². The number of allylic oxidation sites excluding steroid dienone is 2. The molecule has 0 aliphatic heterocycles. The third-order valence-electron chi connectivity index (χ3n) is 3.87. The second-order valence-corrected chi connectivity index (χ2v) is 6.54. The summed E-state index contributed by atoms with van der Waals surface area (Å²) in [6.07, 6.45) is 22.5. The van der Waals surface area contributed by atoms with Gasteiger partial charge in [0.2, 0.25) is 0 Å². The van der Waals surface area contributed by atoms with E-state index in [-0.39, 0.29) is 32.3 Å². The van der Waals surface area contributed by atoms with Crippen LogP contribution in [-0.2, 0) is 29.1 Å². The van der Waals surface area contributed by atoms with E-state index in [1.165, 1.54) is 64.2 Å². The number of carbonyl (C=O) groups is 2. The number of hydrogen-bond donors (Lipinski definition) is 2. The maximum Gasteiger partial charge on any atom is 0.307 e. The normalized spacial score (nSPS) is 10.4. The molecular weight excluding hydrogens is 394 g/mol. The number of carboxylic acid groups (broad SMARTS) is 2. The summed E-state index contributed by atoms with van der Waals surface area (Å²) in [5.74, 6) is -1.50. The van der Waals surface area contributed by atoms with Crippen molar-refractivity contribution in [1.82, 2.24) is 0 Å². The Morgan fingerprint density at radius 3 is 1.22 bits per heavy atom. The Bertz CT molecular complexity index is 343. The summed E-state index contributed by atoms with van der Waals surface area (Å²) in [6.45, 7) is 4.40. The first-order valence-electron chi connectivity index (χ1n) is 10.3. The van der Waals surface area contributed by atoms with Gasteiger partial charge in [-0.3, -0.25) is 9.59 Å². The second kappa shape index (κ2) is 27.3. The van der Waals surface area contributed by atoms with Gasteiger partial charge in [-0.2, -0.15) is 0 Å². The van der Waals surface area contributed by atoms with E-state index in [9.17, 15) is 9.59 Å². The van der Waals surface area contributed by atoms with Gasteiger partial charge in [0.25, 0.3) is 0 Å². The fourth-order valence-corrected chi connectivity index (χ4v) is 2.34. The van der Waals surface area contributed by atoms with Crippen LogP contribution in [-0.4, -0.2) is 22.2 Å². The van der Waals surface area contributed by atoms with Gasteiger partial charge in [0.05, 0.1) is 12.8 Å². The number of aliphatic carboxylic acids is 2. The second-order valence-electron chi connectivity index (χ2n) is 6.54. The summed E-state index contributed by atoms with van der Waals surface area (Å²) >= 11 is 0. The van der Waals surface area contributed by atoms with Crippen molar-refractivity contribution < 1.29 is 39.3 Å². The third-order valence-corrected chi connectivity index (χ3v) is 3.87. The smallest absolute Gasteiger partial charge is 0.307 e. The maximum atomic E-state index is 10.1. The fraction of sp³-hybridized carbons (Fsp3) is 0.727. The zero-order chi connectivity index (χ0) is 19.9. The molecule has 0 heterocycles. The van der Waals surface area contributed by atoms with Crippen LogP contribution >= 0.6 is 0 Å². The number of rotatable bonds is 16. The Balaban J connectivity index is -0.000000411. The van der Waals surface area contributed by atoms with E-state index in [0.29, 0.717) is 0 Å². The molecule has 0 unspecified atom stereocenters. The monoisotopic (exact) mass is 432 g/mol. The topological polar surface area (TPSA) is 74.6 Å². The molecule has 0 fully saturated rings. The predicted molar refractivity (Wildman–Crippen MR) is 110 cm³/mol. The van der Waals surface area contributed by atoms with Gasteiger partial charge >= 0.3 is 11.9 Å². The standard InChI is InChI=1S/2C11H20O2.Zn/c2*1-2-3-4-5-6-7-8-9-10-11(12)13;/h2*8-9H,2-7,10H2,1H3,(H,12,13);. The van der Waals surface area contributed by atoms with Gasteiger partial charge in [-0.05, 0) is 25.7 Å². The minimum absolute atomic E-state index is 0. The summed E-state index contributed by atoms with van der Waals surface area (Å²) in [5.41, 5.74) is 0. The molecule has 0 aliphatic rings. The first-order valence-corrected chi connectivity index (χ1v) is 10.3. The summed E-state index contributed by atoms with van der Waals surface area (Å²) in [4.78, 5) is 20.2. The van der Waals surface area contributed by atoms with Gasteiger partial charge in [0.1, 0.15) is 0 Å². The Morgan fingerprint density at radius 2 is 0.926 bits per heavy atom. The molecule has 0 aliphatic carbocycles.